The molecule has 0 fully saturated rings. The Hall–Kier alpha value is -3.47. The predicted octanol–water partition coefficient (Wildman–Crippen LogP) is 5.93. The number of hydrogen-bond donors (Lipinski definition) is 1. The minimum Gasteiger partial charge on any atom is -0.493 e. The number of nitrogens with one attached hydrogen (secondary N) is 1. The molecule has 2 amide bonds. The molecule has 0 aliphatic rings. The maximum atomic E-state index is 14.3. The molecule has 0 bridgehead atoms. The van der Waals surface area contributed by atoms with Crippen LogP contribution in [-0.2, 0) is 26.2 Å². The molecule has 0 spiro atoms. The van der Waals surface area contributed by atoms with Gasteiger partial charge in [0.15, 0.2) is 11.5 Å². The molecule has 0 heterocycles. The number of carbonyl (C=O) groups excluding carboxylic acids is 2. The smallest absolute Gasteiger partial charge is 0.264 e. The van der Waals surface area contributed by atoms with Gasteiger partial charge < -0.3 is 19.7 Å². The van der Waals surface area contributed by atoms with Crippen molar-refractivity contribution in [2.24, 2.45) is 0 Å². The van der Waals surface area contributed by atoms with Gasteiger partial charge in [-0.25, -0.2) is 8.42 Å². The number of ether oxygens (including phenoxy) is 2. The maximum absolute atomic E-state index is 14.3. The number of anilines is 1. The molecule has 0 aromatic heterocycles. The third-order valence-electron chi connectivity index (χ3n) is 6.54. The average molecular weight is 651 g/mol. The molecule has 0 saturated heterocycles. The van der Waals surface area contributed by atoms with E-state index in [0.717, 1.165) is 4.31 Å². The fraction of sp³-hybridized carbons (Fsp3) is 0.355. The Kier molecular flexibility index (Phi) is 11.3. The largest absolute Gasteiger partial charge is 0.493 e. The lowest BCUT2D eigenvalue weighted by Crippen LogP contribution is -2.55. The highest BCUT2D eigenvalue weighted by atomic mass is 35.5. The molecule has 43 heavy (non-hydrogen) atoms. The standard InChI is InChI=1S/C31H37Cl2N3O6S/c1-7-26(30(38)34-31(2,3)4)35(19-23-24(32)14-11-15-25(23)33)29(37)20-36(43(39,40)22-12-9-8-10-13-22)21-16-17-27(41-5)28(18-21)42-6/h8-18,26H,7,19-20H2,1-6H3,(H,34,38)/t26-/m1/s1. The van der Waals surface area contributed by atoms with Crippen molar-refractivity contribution < 1.29 is 27.5 Å². The summed E-state index contributed by atoms with van der Waals surface area (Å²) in [7, 11) is -1.37. The van der Waals surface area contributed by atoms with E-state index >= 15 is 0 Å². The molecule has 9 nitrogen and oxygen atoms in total. The minimum atomic E-state index is -4.26. The van der Waals surface area contributed by atoms with Gasteiger partial charge in [0.05, 0.1) is 24.8 Å². The number of hydrogen-bond acceptors (Lipinski definition) is 6. The summed E-state index contributed by atoms with van der Waals surface area (Å²) >= 11 is 12.9. The summed E-state index contributed by atoms with van der Waals surface area (Å²) in [6, 6.07) is 16.3. The van der Waals surface area contributed by atoms with Crippen molar-refractivity contribution in [2.45, 2.75) is 57.1 Å². The first-order valence-corrected chi connectivity index (χ1v) is 15.8. The second-order valence-electron chi connectivity index (χ2n) is 10.7. The fourth-order valence-electron chi connectivity index (χ4n) is 4.45. The summed E-state index contributed by atoms with van der Waals surface area (Å²) in [5.41, 5.74) is 0.0198. The Balaban J connectivity index is 2.16. The average Bonchev–Trinajstić information content (AvgIpc) is 2.96. The highest BCUT2D eigenvalue weighted by molar-refractivity contribution is 7.92. The van der Waals surface area contributed by atoms with Gasteiger partial charge >= 0.3 is 0 Å². The molecular weight excluding hydrogens is 613 g/mol. The van der Waals surface area contributed by atoms with Crippen LogP contribution in [0.15, 0.2) is 71.6 Å². The zero-order chi connectivity index (χ0) is 31.9. The Labute approximate surface area is 263 Å². The number of amides is 2. The van der Waals surface area contributed by atoms with Gasteiger partial charge in [-0.1, -0.05) is 54.4 Å². The molecular formula is C31H37Cl2N3O6S. The van der Waals surface area contributed by atoms with Crippen molar-refractivity contribution in [3.05, 3.63) is 82.3 Å². The third-order valence-corrected chi connectivity index (χ3v) is 9.04. The van der Waals surface area contributed by atoms with Crippen LogP contribution in [0, 0.1) is 0 Å². The van der Waals surface area contributed by atoms with Crippen molar-refractivity contribution in [1.82, 2.24) is 10.2 Å². The minimum absolute atomic E-state index is 0.0178. The summed E-state index contributed by atoms with van der Waals surface area (Å²) < 4.78 is 39.8. The maximum Gasteiger partial charge on any atom is 0.264 e. The van der Waals surface area contributed by atoms with Gasteiger partial charge in [0.25, 0.3) is 10.0 Å². The number of rotatable bonds is 12. The normalized spacial score (nSPS) is 12.3. The van der Waals surface area contributed by atoms with E-state index in [-0.39, 0.29) is 29.3 Å². The molecule has 12 heteroatoms. The van der Waals surface area contributed by atoms with Gasteiger partial charge in [-0.15, -0.1) is 0 Å². The number of nitrogens with zero attached hydrogens (tertiary/aromatic N) is 2. The number of carbonyl (C=O) groups is 2. The van der Waals surface area contributed by atoms with Crippen molar-refractivity contribution in [3.8, 4) is 11.5 Å². The van der Waals surface area contributed by atoms with E-state index in [1.165, 1.54) is 43.4 Å². The third kappa shape index (κ3) is 8.34. The second-order valence-corrected chi connectivity index (χ2v) is 13.4. The quantitative estimate of drug-likeness (QED) is 0.261. The highest BCUT2D eigenvalue weighted by Crippen LogP contribution is 2.34. The van der Waals surface area contributed by atoms with Crippen molar-refractivity contribution in [1.29, 1.82) is 0 Å². The molecule has 0 aliphatic heterocycles. The van der Waals surface area contributed by atoms with E-state index < -0.39 is 40.0 Å². The second kappa shape index (κ2) is 14.3. The van der Waals surface area contributed by atoms with Crippen molar-refractivity contribution in [3.63, 3.8) is 0 Å². The molecule has 1 atom stereocenters. The molecule has 0 saturated carbocycles. The van der Waals surface area contributed by atoms with E-state index in [1.54, 1.807) is 49.4 Å². The lowest BCUT2D eigenvalue weighted by Gasteiger charge is -2.35. The Morgan fingerprint density at radius 1 is 0.907 bits per heavy atom. The summed E-state index contributed by atoms with van der Waals surface area (Å²) in [6.45, 7) is 6.51. The number of sulfonamides is 1. The van der Waals surface area contributed by atoms with E-state index in [2.05, 4.69) is 5.32 Å². The zero-order valence-electron chi connectivity index (χ0n) is 25.1. The molecule has 3 aromatic carbocycles. The predicted molar refractivity (Wildman–Crippen MR) is 170 cm³/mol. The lowest BCUT2D eigenvalue weighted by molar-refractivity contribution is -0.141. The van der Waals surface area contributed by atoms with Crippen molar-refractivity contribution in [2.75, 3.05) is 25.1 Å². The number of methoxy groups -OCH3 is 2. The van der Waals surface area contributed by atoms with E-state index in [4.69, 9.17) is 32.7 Å². The van der Waals surface area contributed by atoms with Crippen molar-refractivity contribution >= 4 is 50.7 Å². The van der Waals surface area contributed by atoms with E-state index in [1.807, 2.05) is 20.8 Å². The van der Waals surface area contributed by atoms with Gasteiger partial charge in [0, 0.05) is 33.8 Å². The van der Waals surface area contributed by atoms with Crippen LogP contribution in [0.5, 0.6) is 11.5 Å². The van der Waals surface area contributed by atoms with Crippen LogP contribution in [0.4, 0.5) is 5.69 Å². The topological polar surface area (TPSA) is 105 Å². The number of halogens is 2. The fourth-order valence-corrected chi connectivity index (χ4v) is 6.40. The first kappa shape index (κ1) is 34.0. The molecule has 3 rings (SSSR count). The summed E-state index contributed by atoms with van der Waals surface area (Å²) in [6.07, 6.45) is 0.248. The Bertz CT molecular complexity index is 1520. The van der Waals surface area contributed by atoms with Crippen LogP contribution in [0.1, 0.15) is 39.7 Å². The molecule has 0 radical (unpaired) electrons. The zero-order valence-corrected chi connectivity index (χ0v) is 27.4. The SMILES string of the molecule is CC[C@H](C(=O)NC(C)(C)C)N(Cc1c(Cl)cccc1Cl)C(=O)CN(c1ccc(OC)c(OC)c1)S(=O)(=O)c1ccccc1. The van der Waals surface area contributed by atoms with Crippen LogP contribution in [0.2, 0.25) is 10.0 Å². The van der Waals surface area contributed by atoms with Crippen LogP contribution >= 0.6 is 23.2 Å². The Morgan fingerprint density at radius 3 is 2.05 bits per heavy atom. The van der Waals surface area contributed by atoms with Crippen LogP contribution in [0.25, 0.3) is 0 Å². The van der Waals surface area contributed by atoms with Crippen LogP contribution < -0.4 is 19.1 Å². The van der Waals surface area contributed by atoms with Gasteiger partial charge in [-0.05, 0) is 63.6 Å². The van der Waals surface area contributed by atoms with Crippen LogP contribution in [-0.4, -0.2) is 57.5 Å². The van der Waals surface area contributed by atoms with Gasteiger partial charge in [0.2, 0.25) is 11.8 Å². The molecule has 232 valence electrons. The monoisotopic (exact) mass is 649 g/mol. The van der Waals surface area contributed by atoms with Gasteiger partial charge in [-0.3, -0.25) is 13.9 Å². The first-order valence-electron chi connectivity index (χ1n) is 13.6. The summed E-state index contributed by atoms with van der Waals surface area (Å²) in [5, 5.41) is 3.55. The summed E-state index contributed by atoms with van der Waals surface area (Å²) in [4.78, 5) is 29.1. The first-order chi connectivity index (χ1) is 20.2. The van der Waals surface area contributed by atoms with Gasteiger partial charge in [-0.2, -0.15) is 0 Å². The van der Waals surface area contributed by atoms with E-state index in [0.29, 0.717) is 21.4 Å². The van der Waals surface area contributed by atoms with Gasteiger partial charge in [0.1, 0.15) is 12.6 Å². The highest BCUT2D eigenvalue weighted by Gasteiger charge is 2.35. The molecule has 1 N–H and O–H groups in total. The van der Waals surface area contributed by atoms with E-state index in [9.17, 15) is 18.0 Å². The molecule has 0 unspecified atom stereocenters. The number of benzene rings is 3. The summed E-state index contributed by atoms with van der Waals surface area (Å²) in [5.74, 6) is -0.373. The Morgan fingerprint density at radius 2 is 1.51 bits per heavy atom. The molecule has 3 aromatic rings. The lowest BCUT2D eigenvalue weighted by atomic mass is 10.1. The van der Waals surface area contributed by atoms with Crippen LogP contribution in [0.3, 0.4) is 0 Å². The molecule has 0 aliphatic carbocycles.